The molecule has 0 bridgehead atoms. The molecular weight excluding hydrogens is 250 g/mol. The van der Waals surface area contributed by atoms with Crippen LogP contribution in [0.3, 0.4) is 0 Å². The van der Waals surface area contributed by atoms with Crippen LogP contribution in [0.15, 0.2) is 23.1 Å². The van der Waals surface area contributed by atoms with Gasteiger partial charge in [-0.1, -0.05) is 6.07 Å². The molecule has 1 aromatic rings. The van der Waals surface area contributed by atoms with Crippen LogP contribution in [-0.2, 0) is 10.0 Å². The second kappa shape index (κ2) is 4.99. The molecule has 1 unspecified atom stereocenters. The first-order valence-corrected chi connectivity index (χ1v) is 7.34. The van der Waals surface area contributed by atoms with Crippen LogP contribution in [0, 0.1) is 13.8 Å². The summed E-state index contributed by atoms with van der Waals surface area (Å²) < 4.78 is 26.9. The lowest BCUT2D eigenvalue weighted by atomic mass is 10.0. The van der Waals surface area contributed by atoms with Gasteiger partial charge in [-0.25, -0.2) is 13.1 Å². The van der Waals surface area contributed by atoms with Crippen LogP contribution in [0.4, 0.5) is 0 Å². The van der Waals surface area contributed by atoms with Gasteiger partial charge in [-0.05, 0) is 57.9 Å². The molecule has 0 amide bonds. The molecule has 1 atom stereocenters. The summed E-state index contributed by atoms with van der Waals surface area (Å²) in [5.74, 6) is 0. The highest BCUT2D eigenvalue weighted by molar-refractivity contribution is 7.89. The molecule has 0 spiro atoms. The topological polar surface area (TPSA) is 66.4 Å². The van der Waals surface area contributed by atoms with Gasteiger partial charge in [0, 0.05) is 0 Å². The Morgan fingerprint density at radius 1 is 1.22 bits per heavy atom. The molecule has 18 heavy (non-hydrogen) atoms. The summed E-state index contributed by atoms with van der Waals surface area (Å²) in [6.07, 6.45) is -0.779. The number of aliphatic hydroxyl groups excluding tert-OH is 1. The van der Waals surface area contributed by atoms with E-state index in [0.29, 0.717) is 0 Å². The number of nitrogens with one attached hydrogen (secondary N) is 1. The minimum absolute atomic E-state index is 0.222. The zero-order valence-electron chi connectivity index (χ0n) is 11.5. The molecule has 0 heterocycles. The van der Waals surface area contributed by atoms with Crippen molar-refractivity contribution in [2.45, 2.75) is 51.2 Å². The fourth-order valence-electron chi connectivity index (χ4n) is 1.37. The van der Waals surface area contributed by atoms with Gasteiger partial charge >= 0.3 is 0 Å². The second-order valence-corrected chi connectivity index (χ2v) is 6.93. The number of aryl methyl sites for hydroxylation is 2. The molecule has 0 aliphatic heterocycles. The van der Waals surface area contributed by atoms with Gasteiger partial charge in [0.25, 0.3) is 0 Å². The predicted molar refractivity (Wildman–Crippen MR) is 72.0 cm³/mol. The molecule has 0 aromatic heterocycles. The smallest absolute Gasteiger partial charge is 0.241 e. The average molecular weight is 271 g/mol. The second-order valence-electron chi connectivity index (χ2n) is 5.25. The Bertz CT molecular complexity index is 533. The van der Waals surface area contributed by atoms with E-state index in [2.05, 4.69) is 4.72 Å². The lowest BCUT2D eigenvalue weighted by molar-refractivity contribution is 0.111. The van der Waals surface area contributed by atoms with E-state index in [0.717, 1.165) is 11.1 Å². The summed E-state index contributed by atoms with van der Waals surface area (Å²) >= 11 is 0. The van der Waals surface area contributed by atoms with E-state index in [-0.39, 0.29) is 4.90 Å². The minimum atomic E-state index is -3.61. The lowest BCUT2D eigenvalue weighted by Gasteiger charge is -2.29. The number of hydrogen-bond donors (Lipinski definition) is 2. The zero-order chi connectivity index (χ0) is 14.1. The first kappa shape index (κ1) is 15.1. The van der Waals surface area contributed by atoms with E-state index in [1.807, 2.05) is 13.8 Å². The first-order valence-electron chi connectivity index (χ1n) is 5.85. The average Bonchev–Trinajstić information content (AvgIpc) is 2.20. The van der Waals surface area contributed by atoms with Gasteiger partial charge in [0.1, 0.15) is 0 Å². The summed E-state index contributed by atoms with van der Waals surface area (Å²) in [5.41, 5.74) is 1.06. The monoisotopic (exact) mass is 271 g/mol. The van der Waals surface area contributed by atoms with Crippen LogP contribution in [0.2, 0.25) is 0 Å². The van der Waals surface area contributed by atoms with Gasteiger partial charge in [0.2, 0.25) is 10.0 Å². The molecule has 5 heteroatoms. The first-order chi connectivity index (χ1) is 8.06. The van der Waals surface area contributed by atoms with E-state index in [1.54, 1.807) is 39.0 Å². The number of sulfonamides is 1. The normalized spacial score (nSPS) is 14.6. The highest BCUT2D eigenvalue weighted by Gasteiger charge is 2.30. The van der Waals surface area contributed by atoms with E-state index in [4.69, 9.17) is 0 Å². The molecule has 0 saturated heterocycles. The summed E-state index contributed by atoms with van der Waals surface area (Å²) in [6.45, 7) is 8.66. The third kappa shape index (κ3) is 3.31. The van der Waals surface area contributed by atoms with Crippen molar-refractivity contribution in [2.75, 3.05) is 0 Å². The molecule has 0 saturated carbocycles. The van der Waals surface area contributed by atoms with Crippen LogP contribution in [0.5, 0.6) is 0 Å². The van der Waals surface area contributed by atoms with Gasteiger partial charge in [-0.2, -0.15) is 0 Å². The van der Waals surface area contributed by atoms with Crippen molar-refractivity contribution in [3.8, 4) is 0 Å². The Labute approximate surface area is 109 Å². The molecule has 0 fully saturated rings. The Balaban J connectivity index is 3.11. The van der Waals surface area contributed by atoms with Gasteiger partial charge in [0.05, 0.1) is 16.5 Å². The Kier molecular flexibility index (Phi) is 4.20. The summed E-state index contributed by atoms with van der Waals surface area (Å²) in [6, 6.07) is 4.98. The zero-order valence-corrected chi connectivity index (χ0v) is 12.3. The van der Waals surface area contributed by atoms with Gasteiger partial charge in [-0.3, -0.25) is 0 Å². The SMILES string of the molecule is Cc1ccc(S(=O)(=O)NC(C)(C)C(C)O)cc1C. The third-order valence-electron chi connectivity index (χ3n) is 3.23. The van der Waals surface area contributed by atoms with Crippen molar-refractivity contribution in [2.24, 2.45) is 0 Å². The Morgan fingerprint density at radius 2 is 1.78 bits per heavy atom. The van der Waals surface area contributed by atoms with E-state index in [9.17, 15) is 13.5 Å². The fourth-order valence-corrected chi connectivity index (χ4v) is 2.93. The van der Waals surface area contributed by atoms with Crippen molar-refractivity contribution in [1.29, 1.82) is 0 Å². The quantitative estimate of drug-likeness (QED) is 0.876. The highest BCUT2D eigenvalue weighted by atomic mass is 32.2. The number of benzene rings is 1. The third-order valence-corrected chi connectivity index (χ3v) is 4.90. The number of aliphatic hydroxyl groups is 1. The van der Waals surface area contributed by atoms with Crippen LogP contribution < -0.4 is 4.72 Å². The van der Waals surface area contributed by atoms with Gasteiger partial charge in [0.15, 0.2) is 0 Å². The van der Waals surface area contributed by atoms with E-state index in [1.165, 1.54) is 0 Å². The van der Waals surface area contributed by atoms with Crippen LogP contribution in [0.25, 0.3) is 0 Å². The van der Waals surface area contributed by atoms with Crippen LogP contribution >= 0.6 is 0 Å². The maximum absolute atomic E-state index is 12.2. The molecule has 0 aliphatic rings. The highest BCUT2D eigenvalue weighted by Crippen LogP contribution is 2.18. The lowest BCUT2D eigenvalue weighted by Crippen LogP contribution is -2.50. The molecule has 1 rings (SSSR count). The Hall–Kier alpha value is -0.910. The molecule has 2 N–H and O–H groups in total. The summed E-state index contributed by atoms with van der Waals surface area (Å²) in [7, 11) is -3.61. The van der Waals surface area contributed by atoms with Crippen LogP contribution in [0.1, 0.15) is 31.9 Å². The van der Waals surface area contributed by atoms with Crippen molar-refractivity contribution >= 4 is 10.0 Å². The van der Waals surface area contributed by atoms with Gasteiger partial charge < -0.3 is 5.11 Å². The molecule has 1 aromatic carbocycles. The predicted octanol–water partition coefficient (Wildman–Crippen LogP) is 1.74. The molecule has 0 aliphatic carbocycles. The molecule has 4 nitrogen and oxygen atoms in total. The standard InChI is InChI=1S/C13H21NO3S/c1-9-6-7-12(8-10(9)2)18(16,17)14-13(4,5)11(3)15/h6-8,11,14-15H,1-5H3. The molecule has 0 radical (unpaired) electrons. The van der Waals surface area contributed by atoms with E-state index >= 15 is 0 Å². The van der Waals surface area contributed by atoms with Gasteiger partial charge in [-0.15, -0.1) is 0 Å². The number of rotatable bonds is 4. The minimum Gasteiger partial charge on any atom is -0.391 e. The van der Waals surface area contributed by atoms with Crippen molar-refractivity contribution in [3.05, 3.63) is 29.3 Å². The Morgan fingerprint density at radius 3 is 2.22 bits per heavy atom. The van der Waals surface area contributed by atoms with E-state index < -0.39 is 21.7 Å². The van der Waals surface area contributed by atoms with Crippen LogP contribution in [-0.4, -0.2) is 25.2 Å². The maximum Gasteiger partial charge on any atom is 0.241 e. The van der Waals surface area contributed by atoms with Crippen molar-refractivity contribution in [1.82, 2.24) is 4.72 Å². The molecular formula is C13H21NO3S. The number of hydrogen-bond acceptors (Lipinski definition) is 3. The maximum atomic E-state index is 12.2. The molecule has 102 valence electrons. The fraction of sp³-hybridized carbons (Fsp3) is 0.538. The van der Waals surface area contributed by atoms with Crippen molar-refractivity contribution < 1.29 is 13.5 Å². The summed E-state index contributed by atoms with van der Waals surface area (Å²) in [5, 5.41) is 9.56. The summed E-state index contributed by atoms with van der Waals surface area (Å²) in [4.78, 5) is 0.222. The largest absolute Gasteiger partial charge is 0.391 e. The van der Waals surface area contributed by atoms with Crippen molar-refractivity contribution in [3.63, 3.8) is 0 Å².